The summed E-state index contributed by atoms with van der Waals surface area (Å²) in [6.07, 6.45) is 4.46. The Balaban J connectivity index is 1.55. The van der Waals surface area contributed by atoms with Gasteiger partial charge in [-0.3, -0.25) is 9.89 Å². The van der Waals surface area contributed by atoms with Crippen molar-refractivity contribution in [2.45, 2.75) is 12.3 Å². The Morgan fingerprint density at radius 1 is 1.16 bits per heavy atom. The van der Waals surface area contributed by atoms with Gasteiger partial charge in [0.05, 0.1) is 19.2 Å². The first-order valence-electron chi connectivity index (χ1n) is 8.31. The molecule has 0 unspecified atom stereocenters. The third-order valence-corrected chi connectivity index (χ3v) is 4.71. The van der Waals surface area contributed by atoms with E-state index in [4.69, 9.17) is 4.74 Å². The molecule has 126 valence electrons. The number of aromatic nitrogens is 2. The number of nitrogens with one attached hydrogen (secondary N) is 1. The molecule has 0 bridgehead atoms. The van der Waals surface area contributed by atoms with Gasteiger partial charge in [-0.2, -0.15) is 5.10 Å². The van der Waals surface area contributed by atoms with Crippen LogP contribution >= 0.6 is 0 Å². The largest absolute Gasteiger partial charge is 0.497 e. The first kappa shape index (κ1) is 15.4. The molecule has 2 heterocycles. The molecule has 1 fully saturated rings. The number of amides is 1. The van der Waals surface area contributed by atoms with Gasteiger partial charge in [-0.1, -0.05) is 24.3 Å². The Morgan fingerprint density at radius 2 is 2.00 bits per heavy atom. The number of anilines is 1. The second-order valence-electron chi connectivity index (χ2n) is 6.14. The molecule has 0 aliphatic carbocycles. The minimum atomic E-state index is -0.108. The lowest BCUT2D eigenvalue weighted by Crippen LogP contribution is -2.26. The second-order valence-corrected chi connectivity index (χ2v) is 6.14. The molecule has 2 aromatic carbocycles. The zero-order chi connectivity index (χ0) is 17.2. The van der Waals surface area contributed by atoms with E-state index in [0.29, 0.717) is 0 Å². The number of ether oxygens (including phenoxy) is 1. The number of H-pyrrole nitrogens is 1. The van der Waals surface area contributed by atoms with Gasteiger partial charge in [0.25, 0.3) is 0 Å². The molecule has 4 rings (SSSR count). The summed E-state index contributed by atoms with van der Waals surface area (Å²) >= 11 is 0. The molecular weight excluding hydrogens is 314 g/mol. The maximum atomic E-state index is 12.9. The molecule has 1 saturated heterocycles. The van der Waals surface area contributed by atoms with E-state index in [0.717, 1.165) is 41.1 Å². The topological polar surface area (TPSA) is 58.2 Å². The molecule has 1 atom stereocenters. The minimum Gasteiger partial charge on any atom is -0.497 e. The Kier molecular flexibility index (Phi) is 3.98. The van der Waals surface area contributed by atoms with Crippen molar-refractivity contribution in [1.82, 2.24) is 10.2 Å². The Labute approximate surface area is 146 Å². The summed E-state index contributed by atoms with van der Waals surface area (Å²) in [4.78, 5) is 14.8. The number of carbonyl (C=O) groups is 1. The molecule has 1 aromatic heterocycles. The Bertz CT molecular complexity index is 872. The number of methoxy groups -OCH3 is 1. The van der Waals surface area contributed by atoms with E-state index in [1.807, 2.05) is 59.6 Å². The van der Waals surface area contributed by atoms with E-state index < -0.39 is 0 Å². The smallest absolute Gasteiger partial charge is 0.234 e. The van der Waals surface area contributed by atoms with E-state index in [9.17, 15) is 4.79 Å². The van der Waals surface area contributed by atoms with Crippen molar-refractivity contribution in [2.75, 3.05) is 18.6 Å². The molecular formula is C20H19N3O2. The summed E-state index contributed by atoms with van der Waals surface area (Å²) in [6.45, 7) is 0.728. The molecule has 1 aliphatic rings. The average Bonchev–Trinajstić information content (AvgIpc) is 3.32. The predicted molar refractivity (Wildman–Crippen MR) is 96.7 cm³/mol. The molecule has 0 radical (unpaired) electrons. The van der Waals surface area contributed by atoms with E-state index in [2.05, 4.69) is 10.2 Å². The van der Waals surface area contributed by atoms with Crippen LogP contribution in [0.4, 0.5) is 5.69 Å². The highest BCUT2D eigenvalue weighted by molar-refractivity contribution is 6.00. The zero-order valence-corrected chi connectivity index (χ0v) is 14.0. The summed E-state index contributed by atoms with van der Waals surface area (Å²) in [7, 11) is 1.64. The first-order valence-corrected chi connectivity index (χ1v) is 8.31. The fourth-order valence-corrected chi connectivity index (χ4v) is 3.35. The quantitative estimate of drug-likeness (QED) is 0.793. The van der Waals surface area contributed by atoms with Crippen LogP contribution in [0.15, 0.2) is 60.9 Å². The summed E-state index contributed by atoms with van der Waals surface area (Å²) in [5.41, 5.74) is 4.06. The molecule has 3 aromatic rings. The van der Waals surface area contributed by atoms with Gasteiger partial charge in [-0.15, -0.1) is 0 Å². The SMILES string of the molecule is COc1cccc([C@@H]2CCN(c3ccc(-c4cn[nH]c4)cc3)C2=O)c1. The van der Waals surface area contributed by atoms with Gasteiger partial charge in [-0.25, -0.2) is 0 Å². The lowest BCUT2D eigenvalue weighted by atomic mass is 9.97. The first-order chi connectivity index (χ1) is 12.3. The van der Waals surface area contributed by atoms with Crippen LogP contribution < -0.4 is 9.64 Å². The van der Waals surface area contributed by atoms with Crippen LogP contribution in [0.25, 0.3) is 11.1 Å². The lowest BCUT2D eigenvalue weighted by molar-refractivity contribution is -0.118. The summed E-state index contributed by atoms with van der Waals surface area (Å²) in [6, 6.07) is 15.8. The normalized spacial score (nSPS) is 17.1. The molecule has 5 nitrogen and oxygen atoms in total. The van der Waals surface area contributed by atoms with E-state index in [1.54, 1.807) is 13.3 Å². The van der Waals surface area contributed by atoms with E-state index in [-0.39, 0.29) is 11.8 Å². The van der Waals surface area contributed by atoms with Crippen LogP contribution in [-0.2, 0) is 4.79 Å². The molecule has 0 saturated carbocycles. The number of carbonyl (C=O) groups excluding carboxylic acids is 1. The third kappa shape index (κ3) is 2.89. The Hall–Kier alpha value is -3.08. The summed E-state index contributed by atoms with van der Waals surface area (Å²) in [5, 5.41) is 6.78. The van der Waals surface area contributed by atoms with Crippen LogP contribution in [-0.4, -0.2) is 29.8 Å². The van der Waals surface area contributed by atoms with Crippen molar-refractivity contribution >= 4 is 11.6 Å². The highest BCUT2D eigenvalue weighted by Gasteiger charge is 2.33. The number of benzene rings is 2. The van der Waals surface area contributed by atoms with Gasteiger partial charge in [-0.05, 0) is 41.8 Å². The molecule has 25 heavy (non-hydrogen) atoms. The molecule has 1 amide bonds. The fraction of sp³-hybridized carbons (Fsp3) is 0.200. The maximum Gasteiger partial charge on any atom is 0.234 e. The van der Waals surface area contributed by atoms with Crippen molar-refractivity contribution in [3.05, 3.63) is 66.5 Å². The van der Waals surface area contributed by atoms with Gasteiger partial charge in [0, 0.05) is 24.0 Å². The van der Waals surface area contributed by atoms with Crippen LogP contribution in [0, 0.1) is 0 Å². The number of hydrogen-bond acceptors (Lipinski definition) is 3. The van der Waals surface area contributed by atoms with Crippen molar-refractivity contribution < 1.29 is 9.53 Å². The summed E-state index contributed by atoms with van der Waals surface area (Å²) < 4.78 is 5.28. The van der Waals surface area contributed by atoms with E-state index in [1.165, 1.54) is 0 Å². The standard InChI is InChI=1S/C20H19N3O2/c1-25-18-4-2-3-15(11-18)19-9-10-23(20(19)24)17-7-5-14(6-8-17)16-12-21-22-13-16/h2-8,11-13,19H,9-10H2,1H3,(H,21,22)/t19-/m0/s1. The monoisotopic (exact) mass is 333 g/mol. The third-order valence-electron chi connectivity index (χ3n) is 4.71. The van der Waals surface area contributed by atoms with Crippen molar-refractivity contribution in [2.24, 2.45) is 0 Å². The zero-order valence-electron chi connectivity index (χ0n) is 14.0. The molecule has 0 spiro atoms. The highest BCUT2D eigenvalue weighted by Crippen LogP contribution is 2.34. The number of rotatable bonds is 4. The van der Waals surface area contributed by atoms with Crippen molar-refractivity contribution in [3.8, 4) is 16.9 Å². The molecule has 1 aliphatic heterocycles. The molecule has 1 N–H and O–H groups in total. The second kappa shape index (κ2) is 6.43. The lowest BCUT2D eigenvalue weighted by Gasteiger charge is -2.17. The summed E-state index contributed by atoms with van der Waals surface area (Å²) in [5.74, 6) is 0.821. The van der Waals surface area contributed by atoms with Gasteiger partial charge in [0.15, 0.2) is 0 Å². The maximum absolute atomic E-state index is 12.9. The van der Waals surface area contributed by atoms with Gasteiger partial charge >= 0.3 is 0 Å². The van der Waals surface area contributed by atoms with Crippen molar-refractivity contribution in [3.63, 3.8) is 0 Å². The van der Waals surface area contributed by atoms with E-state index >= 15 is 0 Å². The van der Waals surface area contributed by atoms with Gasteiger partial charge in [0.2, 0.25) is 5.91 Å². The van der Waals surface area contributed by atoms with Crippen LogP contribution in [0.5, 0.6) is 5.75 Å². The Morgan fingerprint density at radius 3 is 2.72 bits per heavy atom. The number of hydrogen-bond donors (Lipinski definition) is 1. The molecule has 5 heteroatoms. The van der Waals surface area contributed by atoms with Crippen LogP contribution in [0.1, 0.15) is 17.9 Å². The predicted octanol–water partition coefficient (Wildman–Crippen LogP) is 3.61. The van der Waals surface area contributed by atoms with Crippen LogP contribution in [0.3, 0.4) is 0 Å². The van der Waals surface area contributed by atoms with Crippen molar-refractivity contribution in [1.29, 1.82) is 0 Å². The fourth-order valence-electron chi connectivity index (χ4n) is 3.35. The van der Waals surface area contributed by atoms with Gasteiger partial charge in [0.1, 0.15) is 5.75 Å². The number of nitrogens with zero attached hydrogens (tertiary/aromatic N) is 2. The van der Waals surface area contributed by atoms with Gasteiger partial charge < -0.3 is 9.64 Å². The van der Waals surface area contributed by atoms with Crippen LogP contribution in [0.2, 0.25) is 0 Å². The minimum absolute atomic E-state index is 0.108. The number of aromatic amines is 1. The average molecular weight is 333 g/mol. The highest BCUT2D eigenvalue weighted by atomic mass is 16.5.